The molecular formula is C64H42N4. The zero-order valence-corrected chi connectivity index (χ0v) is 37.0. The number of hydrogen-bond acceptors (Lipinski definition) is 2. The minimum atomic E-state index is 0.666. The van der Waals surface area contributed by atoms with Crippen molar-refractivity contribution < 1.29 is 0 Å². The van der Waals surface area contributed by atoms with Crippen LogP contribution in [0.1, 0.15) is 0 Å². The van der Waals surface area contributed by atoms with E-state index in [1.807, 2.05) is 12.1 Å². The molecule has 13 aromatic rings. The first-order valence-corrected chi connectivity index (χ1v) is 23.1. The average molecular weight is 867 g/mol. The van der Waals surface area contributed by atoms with Gasteiger partial charge in [-0.1, -0.05) is 182 Å². The predicted molar refractivity (Wildman–Crippen MR) is 283 cm³/mol. The van der Waals surface area contributed by atoms with Gasteiger partial charge < -0.3 is 9.13 Å². The van der Waals surface area contributed by atoms with Crippen LogP contribution in [0, 0.1) is 0 Å². The Morgan fingerprint density at radius 3 is 1.22 bits per heavy atom. The van der Waals surface area contributed by atoms with Gasteiger partial charge in [-0.3, -0.25) is 0 Å². The second kappa shape index (κ2) is 16.4. The number of hydrogen-bond donors (Lipinski definition) is 0. The zero-order chi connectivity index (χ0) is 45.0. The molecular weight excluding hydrogens is 825 g/mol. The maximum absolute atomic E-state index is 5.31. The molecule has 0 spiro atoms. The summed E-state index contributed by atoms with van der Waals surface area (Å²) in [5.41, 5.74) is 18.4. The molecule has 0 bridgehead atoms. The van der Waals surface area contributed by atoms with E-state index in [0.29, 0.717) is 5.82 Å². The largest absolute Gasteiger partial charge is 0.309 e. The number of para-hydroxylation sites is 2. The van der Waals surface area contributed by atoms with Gasteiger partial charge in [0, 0.05) is 49.5 Å². The van der Waals surface area contributed by atoms with Crippen molar-refractivity contribution in [3.8, 4) is 78.7 Å². The Morgan fingerprint density at radius 1 is 0.250 bits per heavy atom. The fourth-order valence-electron chi connectivity index (χ4n) is 10.1. The van der Waals surface area contributed by atoms with Crippen LogP contribution in [-0.2, 0) is 0 Å². The van der Waals surface area contributed by atoms with Gasteiger partial charge in [-0.2, -0.15) is 0 Å². The molecule has 0 aliphatic carbocycles. The van der Waals surface area contributed by atoms with Gasteiger partial charge in [0.15, 0.2) is 5.82 Å². The number of fused-ring (bicyclic) bond motifs is 6. The zero-order valence-electron chi connectivity index (χ0n) is 37.0. The van der Waals surface area contributed by atoms with Crippen molar-refractivity contribution in [1.29, 1.82) is 0 Å². The summed E-state index contributed by atoms with van der Waals surface area (Å²) in [6.45, 7) is 0. The fraction of sp³-hybridized carbons (Fsp3) is 0. The Morgan fingerprint density at radius 2 is 0.691 bits per heavy atom. The molecule has 10 aromatic carbocycles. The molecule has 318 valence electrons. The van der Waals surface area contributed by atoms with E-state index in [1.165, 1.54) is 54.8 Å². The van der Waals surface area contributed by atoms with Crippen LogP contribution in [0.2, 0.25) is 0 Å². The van der Waals surface area contributed by atoms with E-state index < -0.39 is 0 Å². The molecule has 0 N–H and O–H groups in total. The Kier molecular flexibility index (Phi) is 9.47. The van der Waals surface area contributed by atoms with E-state index in [2.05, 4.69) is 252 Å². The highest BCUT2D eigenvalue weighted by Gasteiger charge is 2.21. The Balaban J connectivity index is 1.08. The molecule has 3 aromatic heterocycles. The van der Waals surface area contributed by atoms with Crippen LogP contribution in [0.3, 0.4) is 0 Å². The first kappa shape index (κ1) is 39.3. The van der Waals surface area contributed by atoms with E-state index in [9.17, 15) is 0 Å². The summed E-state index contributed by atoms with van der Waals surface area (Å²) in [5.74, 6) is 0.666. The summed E-state index contributed by atoms with van der Waals surface area (Å²) in [7, 11) is 0. The van der Waals surface area contributed by atoms with E-state index in [-0.39, 0.29) is 0 Å². The molecule has 13 rings (SSSR count). The van der Waals surface area contributed by atoms with Crippen molar-refractivity contribution in [2.24, 2.45) is 0 Å². The number of rotatable bonds is 8. The van der Waals surface area contributed by atoms with Crippen molar-refractivity contribution in [3.63, 3.8) is 0 Å². The maximum Gasteiger partial charge on any atom is 0.160 e. The summed E-state index contributed by atoms with van der Waals surface area (Å²) < 4.78 is 4.85. The van der Waals surface area contributed by atoms with Crippen molar-refractivity contribution in [2.75, 3.05) is 0 Å². The number of benzene rings is 10. The van der Waals surface area contributed by atoms with Crippen molar-refractivity contribution in [1.82, 2.24) is 19.1 Å². The SMILES string of the molecule is c1ccc(-c2ccc3c(c2)c2cc(-c4ccccc4)ccc2n3-c2ccc(-c3nc(-c4ccccc4)cc(-c4ccccc4)n3)cc2-c2cccc(-n3c4ccccc4c4ccccc43)c2)cc1. The molecule has 0 amide bonds. The van der Waals surface area contributed by atoms with Gasteiger partial charge in [-0.25, -0.2) is 9.97 Å². The second-order valence-corrected chi connectivity index (χ2v) is 17.4. The Labute approximate surface area is 394 Å². The Hall–Kier alpha value is -9.12. The van der Waals surface area contributed by atoms with E-state index >= 15 is 0 Å². The molecule has 0 atom stereocenters. The molecule has 4 heteroatoms. The molecule has 0 aliphatic heterocycles. The lowest BCUT2D eigenvalue weighted by molar-refractivity contribution is 1.16. The third-order valence-corrected chi connectivity index (χ3v) is 13.3. The molecule has 0 fully saturated rings. The highest BCUT2D eigenvalue weighted by atomic mass is 15.0. The lowest BCUT2D eigenvalue weighted by Gasteiger charge is -2.18. The summed E-state index contributed by atoms with van der Waals surface area (Å²) in [6.07, 6.45) is 0. The van der Waals surface area contributed by atoms with Crippen LogP contribution >= 0.6 is 0 Å². The van der Waals surface area contributed by atoms with Crippen LogP contribution < -0.4 is 0 Å². The normalized spacial score (nSPS) is 11.5. The number of aromatic nitrogens is 4. The molecule has 3 heterocycles. The van der Waals surface area contributed by atoms with Crippen molar-refractivity contribution in [2.45, 2.75) is 0 Å². The summed E-state index contributed by atoms with van der Waals surface area (Å²) in [4.78, 5) is 10.6. The highest BCUT2D eigenvalue weighted by Crippen LogP contribution is 2.42. The van der Waals surface area contributed by atoms with Gasteiger partial charge in [0.1, 0.15) is 0 Å². The van der Waals surface area contributed by atoms with Crippen LogP contribution in [0.5, 0.6) is 0 Å². The first-order valence-electron chi connectivity index (χ1n) is 23.1. The van der Waals surface area contributed by atoms with Gasteiger partial charge >= 0.3 is 0 Å². The van der Waals surface area contributed by atoms with Gasteiger partial charge in [-0.15, -0.1) is 0 Å². The van der Waals surface area contributed by atoms with Crippen molar-refractivity contribution >= 4 is 43.6 Å². The van der Waals surface area contributed by atoms with Crippen molar-refractivity contribution in [3.05, 3.63) is 255 Å². The highest BCUT2D eigenvalue weighted by molar-refractivity contribution is 6.12. The molecule has 0 saturated heterocycles. The van der Waals surface area contributed by atoms with Gasteiger partial charge in [0.25, 0.3) is 0 Å². The maximum atomic E-state index is 5.31. The van der Waals surface area contributed by atoms with E-state index in [1.54, 1.807) is 0 Å². The minimum absolute atomic E-state index is 0.666. The minimum Gasteiger partial charge on any atom is -0.309 e. The lowest BCUT2D eigenvalue weighted by Crippen LogP contribution is -2.01. The average Bonchev–Trinajstić information content (AvgIpc) is 3.94. The molecule has 0 saturated carbocycles. The van der Waals surface area contributed by atoms with Gasteiger partial charge in [-0.05, 0) is 101 Å². The van der Waals surface area contributed by atoms with Gasteiger partial charge in [0.2, 0.25) is 0 Å². The molecule has 0 aliphatic rings. The molecule has 68 heavy (non-hydrogen) atoms. The van der Waals surface area contributed by atoms with Crippen LogP contribution in [-0.4, -0.2) is 19.1 Å². The summed E-state index contributed by atoms with van der Waals surface area (Å²) >= 11 is 0. The lowest BCUT2D eigenvalue weighted by atomic mass is 9.98. The third-order valence-electron chi connectivity index (χ3n) is 13.3. The third kappa shape index (κ3) is 6.78. The standard InChI is InChI=1S/C64H42N4/c1-5-18-43(19-6-1)47-32-35-62-55(39-47)56-40-48(44-20-7-2-8-21-44)33-36-63(56)68(62)61-37-34-50(64-65-57(45-22-9-3-10-23-45)42-58(66-64)46-24-11-4-12-25-46)41-54(61)49-26-17-27-51(38-49)67-59-30-15-13-28-52(59)53-29-14-16-31-60(53)67/h1-42H. The monoisotopic (exact) mass is 866 g/mol. The Bertz CT molecular complexity index is 3790. The van der Waals surface area contributed by atoms with Crippen LogP contribution in [0.25, 0.3) is 122 Å². The summed E-state index contributed by atoms with van der Waals surface area (Å²) in [6, 6.07) is 91.3. The van der Waals surface area contributed by atoms with E-state index in [0.717, 1.165) is 61.6 Å². The van der Waals surface area contributed by atoms with Crippen LogP contribution in [0.4, 0.5) is 0 Å². The fourth-order valence-corrected chi connectivity index (χ4v) is 10.1. The smallest absolute Gasteiger partial charge is 0.160 e. The first-order chi connectivity index (χ1) is 33.7. The molecule has 0 radical (unpaired) electrons. The van der Waals surface area contributed by atoms with E-state index in [4.69, 9.17) is 9.97 Å². The summed E-state index contributed by atoms with van der Waals surface area (Å²) in [5, 5.41) is 4.85. The topological polar surface area (TPSA) is 35.6 Å². The van der Waals surface area contributed by atoms with Gasteiger partial charge in [0.05, 0.1) is 39.1 Å². The predicted octanol–water partition coefficient (Wildman–Crippen LogP) is 16.7. The second-order valence-electron chi connectivity index (χ2n) is 17.4. The molecule has 4 nitrogen and oxygen atoms in total. The number of nitrogens with zero attached hydrogens (tertiary/aromatic N) is 4. The molecule has 0 unspecified atom stereocenters. The van der Waals surface area contributed by atoms with Crippen LogP contribution in [0.15, 0.2) is 255 Å². The quantitative estimate of drug-likeness (QED) is 0.153.